The zero-order valence-corrected chi connectivity index (χ0v) is 10.8. The van der Waals surface area contributed by atoms with Gasteiger partial charge in [0.2, 0.25) is 0 Å². The minimum atomic E-state index is -4.17. The van der Waals surface area contributed by atoms with Crippen LogP contribution in [-0.4, -0.2) is 44.6 Å². The number of alkyl halides is 3. The number of rotatable bonds is 8. The molecule has 1 atom stereocenters. The van der Waals surface area contributed by atoms with Gasteiger partial charge in [-0.25, -0.2) is 0 Å². The lowest BCUT2D eigenvalue weighted by atomic mass is 10.2. The van der Waals surface area contributed by atoms with Crippen molar-refractivity contribution >= 4 is 5.97 Å². The van der Waals surface area contributed by atoms with Crippen LogP contribution in [-0.2, 0) is 14.3 Å². The first-order valence-corrected chi connectivity index (χ1v) is 5.74. The van der Waals surface area contributed by atoms with Crippen molar-refractivity contribution in [3.8, 4) is 0 Å². The van der Waals surface area contributed by atoms with Gasteiger partial charge < -0.3 is 14.8 Å². The van der Waals surface area contributed by atoms with Crippen LogP contribution in [0.4, 0.5) is 13.2 Å². The molecular formula is C11H20F3NO3. The second-order valence-corrected chi connectivity index (χ2v) is 4.19. The zero-order valence-electron chi connectivity index (χ0n) is 10.8. The van der Waals surface area contributed by atoms with Gasteiger partial charge in [0, 0.05) is 19.1 Å². The Labute approximate surface area is 105 Å². The molecule has 7 heteroatoms. The summed E-state index contributed by atoms with van der Waals surface area (Å²) < 4.78 is 45.2. The highest BCUT2D eigenvalue weighted by Crippen LogP contribution is 2.20. The van der Waals surface area contributed by atoms with E-state index in [1.165, 1.54) is 7.11 Å². The summed E-state index contributed by atoms with van der Waals surface area (Å²) in [6.45, 7) is 3.66. The Kier molecular flexibility index (Phi) is 7.93. The van der Waals surface area contributed by atoms with Crippen molar-refractivity contribution < 1.29 is 27.4 Å². The molecule has 0 heterocycles. The van der Waals surface area contributed by atoms with Crippen LogP contribution < -0.4 is 5.32 Å². The predicted molar refractivity (Wildman–Crippen MR) is 60.2 cm³/mol. The summed E-state index contributed by atoms with van der Waals surface area (Å²) in [4.78, 5) is 11.3. The van der Waals surface area contributed by atoms with Gasteiger partial charge in [0.15, 0.2) is 0 Å². The van der Waals surface area contributed by atoms with Crippen LogP contribution in [0.1, 0.15) is 26.7 Å². The maximum absolute atomic E-state index is 11.9. The lowest BCUT2D eigenvalue weighted by Crippen LogP contribution is -2.44. The van der Waals surface area contributed by atoms with Crippen LogP contribution in [0.3, 0.4) is 0 Å². The second-order valence-electron chi connectivity index (χ2n) is 4.19. The van der Waals surface area contributed by atoms with Gasteiger partial charge in [-0.1, -0.05) is 13.8 Å². The summed E-state index contributed by atoms with van der Waals surface area (Å²) in [6.07, 6.45) is -5.16. The number of hydrogen-bond acceptors (Lipinski definition) is 4. The van der Waals surface area contributed by atoms with Crippen molar-refractivity contribution in [1.29, 1.82) is 0 Å². The minimum Gasteiger partial charge on any atom is -0.468 e. The first kappa shape index (κ1) is 17.2. The third kappa shape index (κ3) is 9.23. The van der Waals surface area contributed by atoms with Crippen molar-refractivity contribution in [2.75, 3.05) is 20.3 Å². The molecule has 0 aromatic carbocycles. The average molecular weight is 271 g/mol. The van der Waals surface area contributed by atoms with Gasteiger partial charge in [-0.2, -0.15) is 13.2 Å². The Morgan fingerprint density at radius 3 is 2.39 bits per heavy atom. The largest absolute Gasteiger partial charge is 0.468 e. The van der Waals surface area contributed by atoms with E-state index in [1.54, 1.807) is 0 Å². The topological polar surface area (TPSA) is 47.6 Å². The normalized spacial score (nSPS) is 13.7. The molecular weight excluding hydrogens is 251 g/mol. The molecule has 0 saturated carbocycles. The lowest BCUT2D eigenvalue weighted by molar-refractivity contribution is -0.146. The third-order valence-corrected chi connectivity index (χ3v) is 2.05. The standard InChI is InChI=1S/C11H20F3NO3/c1-8(2)15-9(10(16)17-3)7-18-6-4-5-11(12,13)14/h8-9,15H,4-7H2,1-3H3. The highest BCUT2D eigenvalue weighted by atomic mass is 19.4. The summed E-state index contributed by atoms with van der Waals surface area (Å²) in [5, 5.41) is 2.92. The van der Waals surface area contributed by atoms with E-state index in [0.717, 1.165) is 0 Å². The fourth-order valence-electron chi connectivity index (χ4n) is 1.30. The molecule has 0 aliphatic rings. The summed E-state index contributed by atoms with van der Waals surface area (Å²) in [5.74, 6) is -0.487. The lowest BCUT2D eigenvalue weighted by Gasteiger charge is -2.19. The third-order valence-electron chi connectivity index (χ3n) is 2.05. The number of ether oxygens (including phenoxy) is 2. The maximum atomic E-state index is 11.9. The van der Waals surface area contributed by atoms with Crippen molar-refractivity contribution in [1.82, 2.24) is 5.32 Å². The van der Waals surface area contributed by atoms with Crippen molar-refractivity contribution in [2.24, 2.45) is 0 Å². The highest BCUT2D eigenvalue weighted by Gasteiger charge is 2.26. The number of esters is 1. The average Bonchev–Trinajstić information content (AvgIpc) is 2.24. The van der Waals surface area contributed by atoms with Crippen LogP contribution in [0.15, 0.2) is 0 Å². The van der Waals surface area contributed by atoms with E-state index in [-0.39, 0.29) is 25.7 Å². The molecule has 4 nitrogen and oxygen atoms in total. The molecule has 1 unspecified atom stereocenters. The molecule has 0 radical (unpaired) electrons. The molecule has 0 aromatic heterocycles. The van der Waals surface area contributed by atoms with Crippen LogP contribution in [0.2, 0.25) is 0 Å². The van der Waals surface area contributed by atoms with E-state index in [4.69, 9.17) is 4.74 Å². The molecule has 0 aliphatic heterocycles. The smallest absolute Gasteiger partial charge is 0.389 e. The molecule has 0 amide bonds. The molecule has 0 fully saturated rings. The van der Waals surface area contributed by atoms with Gasteiger partial charge in [-0.05, 0) is 6.42 Å². The highest BCUT2D eigenvalue weighted by molar-refractivity contribution is 5.75. The molecule has 0 spiro atoms. The van der Waals surface area contributed by atoms with Gasteiger partial charge in [-0.15, -0.1) is 0 Å². The predicted octanol–water partition coefficient (Wildman–Crippen LogP) is 1.89. The number of carbonyl (C=O) groups excluding carboxylic acids is 1. The molecule has 18 heavy (non-hydrogen) atoms. The van der Waals surface area contributed by atoms with Gasteiger partial charge in [0.25, 0.3) is 0 Å². The van der Waals surface area contributed by atoms with E-state index in [1.807, 2.05) is 13.8 Å². The zero-order chi connectivity index (χ0) is 14.2. The quantitative estimate of drug-likeness (QED) is 0.541. The Morgan fingerprint density at radius 1 is 1.33 bits per heavy atom. The van der Waals surface area contributed by atoms with E-state index < -0.39 is 24.6 Å². The number of methoxy groups -OCH3 is 1. The van der Waals surface area contributed by atoms with E-state index in [2.05, 4.69) is 10.1 Å². The number of nitrogens with one attached hydrogen (secondary N) is 1. The first-order chi connectivity index (χ1) is 8.26. The van der Waals surface area contributed by atoms with E-state index in [9.17, 15) is 18.0 Å². The van der Waals surface area contributed by atoms with Crippen LogP contribution in [0.5, 0.6) is 0 Å². The van der Waals surface area contributed by atoms with Crippen LogP contribution >= 0.6 is 0 Å². The Hall–Kier alpha value is -0.820. The van der Waals surface area contributed by atoms with Crippen molar-refractivity contribution in [3.05, 3.63) is 0 Å². The van der Waals surface area contributed by atoms with Crippen LogP contribution in [0.25, 0.3) is 0 Å². The molecule has 0 rings (SSSR count). The minimum absolute atomic E-state index is 0.00269. The maximum Gasteiger partial charge on any atom is 0.389 e. The summed E-state index contributed by atoms with van der Waals surface area (Å²) in [6, 6.07) is -0.603. The van der Waals surface area contributed by atoms with Gasteiger partial charge in [0.05, 0.1) is 13.7 Å². The van der Waals surface area contributed by atoms with Crippen LogP contribution in [0, 0.1) is 0 Å². The molecule has 1 N–H and O–H groups in total. The number of halogens is 3. The summed E-state index contributed by atoms with van der Waals surface area (Å²) in [5.41, 5.74) is 0. The summed E-state index contributed by atoms with van der Waals surface area (Å²) >= 11 is 0. The second kappa shape index (κ2) is 8.31. The van der Waals surface area contributed by atoms with Crippen molar-refractivity contribution in [2.45, 2.75) is 44.9 Å². The number of hydrogen-bond donors (Lipinski definition) is 1. The van der Waals surface area contributed by atoms with E-state index >= 15 is 0 Å². The van der Waals surface area contributed by atoms with Gasteiger partial charge >= 0.3 is 12.1 Å². The van der Waals surface area contributed by atoms with E-state index in [0.29, 0.717) is 0 Å². The van der Waals surface area contributed by atoms with Gasteiger partial charge in [0.1, 0.15) is 6.04 Å². The molecule has 0 saturated heterocycles. The SMILES string of the molecule is COC(=O)C(COCCCC(F)(F)F)NC(C)C. The molecule has 0 aliphatic carbocycles. The Bertz CT molecular complexity index is 244. The van der Waals surface area contributed by atoms with Gasteiger partial charge in [-0.3, -0.25) is 4.79 Å². The fraction of sp³-hybridized carbons (Fsp3) is 0.909. The summed E-state index contributed by atoms with van der Waals surface area (Å²) in [7, 11) is 1.25. The molecule has 0 aromatic rings. The molecule has 108 valence electrons. The Morgan fingerprint density at radius 2 is 1.94 bits per heavy atom. The fourth-order valence-corrected chi connectivity index (χ4v) is 1.30. The monoisotopic (exact) mass is 271 g/mol. The molecule has 0 bridgehead atoms. The Balaban J connectivity index is 3.86. The van der Waals surface area contributed by atoms with Crippen molar-refractivity contribution in [3.63, 3.8) is 0 Å². The first-order valence-electron chi connectivity index (χ1n) is 5.74. The number of carbonyl (C=O) groups is 1.